The summed E-state index contributed by atoms with van der Waals surface area (Å²) < 4.78 is 5.05. The Labute approximate surface area is 88.3 Å². The van der Waals surface area contributed by atoms with Crippen molar-refractivity contribution in [2.45, 2.75) is 13.8 Å². The van der Waals surface area contributed by atoms with Gasteiger partial charge in [-0.3, -0.25) is 10.1 Å². The third-order valence-electron chi connectivity index (χ3n) is 2.13. The van der Waals surface area contributed by atoms with Crippen molar-refractivity contribution in [1.82, 2.24) is 0 Å². The maximum absolute atomic E-state index is 10.5. The summed E-state index contributed by atoms with van der Waals surface area (Å²) in [4.78, 5) is 10.1. The van der Waals surface area contributed by atoms with Crippen molar-refractivity contribution in [2.24, 2.45) is 0 Å². The number of hydrogen-bond donors (Lipinski definition) is 0. The van der Waals surface area contributed by atoms with Crippen LogP contribution in [0.4, 0.5) is 0 Å². The Hall–Kier alpha value is -1.84. The molecular formula is C11H13NO3. The number of benzene rings is 1. The summed E-state index contributed by atoms with van der Waals surface area (Å²) in [5.41, 5.74) is 1.92. The van der Waals surface area contributed by atoms with Crippen LogP contribution < -0.4 is 4.74 Å². The predicted octanol–water partition coefficient (Wildman–Crippen LogP) is 2.64. The van der Waals surface area contributed by atoms with Gasteiger partial charge in [-0.15, -0.1) is 0 Å². The molecule has 80 valence electrons. The summed E-state index contributed by atoms with van der Waals surface area (Å²) in [6.45, 7) is 3.37. The molecule has 0 atom stereocenters. The highest BCUT2D eigenvalue weighted by atomic mass is 16.6. The van der Waals surface area contributed by atoms with E-state index in [2.05, 4.69) is 0 Å². The lowest BCUT2D eigenvalue weighted by atomic mass is 10.1. The third kappa shape index (κ3) is 2.80. The summed E-state index contributed by atoms with van der Waals surface area (Å²) in [5.74, 6) is 0.753. The van der Waals surface area contributed by atoms with Crippen LogP contribution in [0.2, 0.25) is 0 Å². The number of rotatable bonds is 3. The maximum Gasteiger partial charge on any atom is 0.243 e. The van der Waals surface area contributed by atoms with Gasteiger partial charge in [0, 0.05) is 13.0 Å². The van der Waals surface area contributed by atoms with E-state index in [0.29, 0.717) is 0 Å². The lowest BCUT2D eigenvalue weighted by Crippen LogP contribution is -1.94. The molecule has 4 nitrogen and oxygen atoms in total. The zero-order chi connectivity index (χ0) is 11.4. The van der Waals surface area contributed by atoms with Gasteiger partial charge >= 0.3 is 0 Å². The second kappa shape index (κ2) is 4.59. The number of ether oxygens (including phenoxy) is 1. The van der Waals surface area contributed by atoms with E-state index in [4.69, 9.17) is 4.74 Å². The van der Waals surface area contributed by atoms with Crippen LogP contribution in [0.5, 0.6) is 5.75 Å². The van der Waals surface area contributed by atoms with Gasteiger partial charge in [0.1, 0.15) is 5.75 Å². The molecule has 0 unspecified atom stereocenters. The monoisotopic (exact) mass is 207 g/mol. The van der Waals surface area contributed by atoms with Crippen LogP contribution in [0.15, 0.2) is 23.9 Å². The molecule has 0 aliphatic rings. The van der Waals surface area contributed by atoms with Crippen LogP contribution in [-0.2, 0) is 0 Å². The first-order chi connectivity index (χ1) is 7.04. The molecule has 0 amide bonds. The number of nitro groups is 1. The van der Waals surface area contributed by atoms with Crippen molar-refractivity contribution in [2.75, 3.05) is 7.11 Å². The van der Waals surface area contributed by atoms with Crippen LogP contribution in [0.1, 0.15) is 18.1 Å². The molecule has 0 fully saturated rings. The highest BCUT2D eigenvalue weighted by Crippen LogP contribution is 2.19. The van der Waals surface area contributed by atoms with Crippen LogP contribution in [0.25, 0.3) is 6.08 Å². The fraction of sp³-hybridized carbons (Fsp3) is 0.273. The minimum Gasteiger partial charge on any atom is -0.497 e. The lowest BCUT2D eigenvalue weighted by Gasteiger charge is -2.03. The Morgan fingerprint density at radius 1 is 1.53 bits per heavy atom. The van der Waals surface area contributed by atoms with E-state index in [-0.39, 0.29) is 5.70 Å². The SMILES string of the molecule is COc1ccc(C=C(C)[N+](=O)[O-])c(C)c1. The molecule has 15 heavy (non-hydrogen) atoms. The van der Waals surface area contributed by atoms with Gasteiger partial charge in [-0.2, -0.15) is 0 Å². The molecule has 1 aromatic carbocycles. The zero-order valence-electron chi connectivity index (χ0n) is 8.98. The van der Waals surface area contributed by atoms with Crippen molar-refractivity contribution in [1.29, 1.82) is 0 Å². The minimum atomic E-state index is -0.399. The van der Waals surface area contributed by atoms with E-state index >= 15 is 0 Å². The van der Waals surface area contributed by atoms with Crippen molar-refractivity contribution < 1.29 is 9.66 Å². The van der Waals surface area contributed by atoms with Gasteiger partial charge in [-0.05, 0) is 30.2 Å². The van der Waals surface area contributed by atoms with E-state index in [1.165, 1.54) is 6.92 Å². The number of methoxy groups -OCH3 is 1. The number of allylic oxidation sites excluding steroid dienone is 1. The Bertz CT molecular complexity index is 410. The van der Waals surface area contributed by atoms with Crippen molar-refractivity contribution in [3.63, 3.8) is 0 Å². The van der Waals surface area contributed by atoms with E-state index in [1.54, 1.807) is 25.3 Å². The van der Waals surface area contributed by atoms with Crippen LogP contribution >= 0.6 is 0 Å². The van der Waals surface area contributed by atoms with Crippen LogP contribution in [0, 0.1) is 17.0 Å². The smallest absolute Gasteiger partial charge is 0.243 e. The number of hydrogen-bond acceptors (Lipinski definition) is 3. The van der Waals surface area contributed by atoms with Gasteiger partial charge in [-0.25, -0.2) is 0 Å². The first-order valence-electron chi connectivity index (χ1n) is 4.52. The van der Waals surface area contributed by atoms with E-state index in [9.17, 15) is 10.1 Å². The molecule has 1 rings (SSSR count). The molecule has 0 N–H and O–H groups in total. The largest absolute Gasteiger partial charge is 0.497 e. The van der Waals surface area contributed by atoms with Crippen molar-refractivity contribution in [3.05, 3.63) is 45.1 Å². The van der Waals surface area contributed by atoms with Crippen LogP contribution in [-0.4, -0.2) is 12.0 Å². The van der Waals surface area contributed by atoms with Crippen molar-refractivity contribution in [3.8, 4) is 5.75 Å². The topological polar surface area (TPSA) is 52.4 Å². The molecule has 0 aliphatic heterocycles. The van der Waals surface area contributed by atoms with Gasteiger partial charge in [0.15, 0.2) is 0 Å². The van der Waals surface area contributed by atoms with E-state index in [0.717, 1.165) is 16.9 Å². The number of aryl methyl sites for hydroxylation is 1. The van der Waals surface area contributed by atoms with Gasteiger partial charge in [0.05, 0.1) is 12.0 Å². The highest BCUT2D eigenvalue weighted by molar-refractivity contribution is 5.56. The molecule has 0 heterocycles. The molecule has 0 radical (unpaired) electrons. The van der Waals surface area contributed by atoms with E-state index in [1.807, 2.05) is 13.0 Å². The Kier molecular flexibility index (Phi) is 3.44. The average molecular weight is 207 g/mol. The van der Waals surface area contributed by atoms with Gasteiger partial charge in [-0.1, -0.05) is 6.07 Å². The normalized spacial score (nSPS) is 11.3. The molecule has 0 saturated carbocycles. The fourth-order valence-corrected chi connectivity index (χ4v) is 1.21. The Balaban J connectivity index is 3.07. The van der Waals surface area contributed by atoms with Gasteiger partial charge < -0.3 is 4.74 Å². The predicted molar refractivity (Wildman–Crippen MR) is 58.4 cm³/mol. The summed E-state index contributed by atoms with van der Waals surface area (Å²) >= 11 is 0. The van der Waals surface area contributed by atoms with Crippen LogP contribution in [0.3, 0.4) is 0 Å². The lowest BCUT2D eigenvalue weighted by molar-refractivity contribution is -0.422. The minimum absolute atomic E-state index is 0.128. The second-order valence-electron chi connectivity index (χ2n) is 3.27. The summed E-state index contributed by atoms with van der Waals surface area (Å²) in [6, 6.07) is 5.44. The maximum atomic E-state index is 10.5. The van der Waals surface area contributed by atoms with Gasteiger partial charge in [0.2, 0.25) is 5.70 Å². The Morgan fingerprint density at radius 3 is 2.67 bits per heavy atom. The molecule has 0 aromatic heterocycles. The number of nitrogens with zero attached hydrogens (tertiary/aromatic N) is 1. The summed E-state index contributed by atoms with van der Waals surface area (Å²) in [6.07, 6.45) is 1.55. The van der Waals surface area contributed by atoms with Crippen molar-refractivity contribution >= 4 is 6.08 Å². The second-order valence-corrected chi connectivity index (χ2v) is 3.27. The fourth-order valence-electron chi connectivity index (χ4n) is 1.21. The summed E-state index contributed by atoms with van der Waals surface area (Å²) in [5, 5.41) is 10.5. The summed E-state index contributed by atoms with van der Waals surface area (Å²) in [7, 11) is 1.59. The zero-order valence-corrected chi connectivity index (χ0v) is 8.98. The average Bonchev–Trinajstić information content (AvgIpc) is 2.20. The van der Waals surface area contributed by atoms with E-state index < -0.39 is 4.92 Å². The van der Waals surface area contributed by atoms with Gasteiger partial charge in [0.25, 0.3) is 0 Å². The molecule has 0 aliphatic carbocycles. The molecule has 1 aromatic rings. The molecule has 0 spiro atoms. The highest BCUT2D eigenvalue weighted by Gasteiger charge is 2.04. The molecular weight excluding hydrogens is 194 g/mol. The quantitative estimate of drug-likeness (QED) is 0.565. The molecule has 0 bridgehead atoms. The molecule has 4 heteroatoms. The molecule has 0 saturated heterocycles. The Morgan fingerprint density at radius 2 is 2.20 bits per heavy atom. The first-order valence-corrected chi connectivity index (χ1v) is 4.52. The third-order valence-corrected chi connectivity index (χ3v) is 2.13. The first kappa shape index (κ1) is 11.2. The standard InChI is InChI=1S/C11H13NO3/c1-8-6-11(15-3)5-4-10(8)7-9(2)12(13)14/h4-7H,1-3H3.